The summed E-state index contributed by atoms with van der Waals surface area (Å²) in [5, 5.41) is 2.91. The number of carbonyl (C=O) groups is 2. The van der Waals surface area contributed by atoms with Gasteiger partial charge in [-0.3, -0.25) is 14.8 Å². The molecule has 7 heteroatoms. The highest BCUT2D eigenvalue weighted by Gasteiger charge is 2.18. The Kier molecular flexibility index (Phi) is 6.78. The second-order valence-electron chi connectivity index (χ2n) is 7.94. The highest BCUT2D eigenvalue weighted by atomic mass is 16.5. The van der Waals surface area contributed by atoms with Crippen LogP contribution in [0.5, 0.6) is 0 Å². The van der Waals surface area contributed by atoms with E-state index < -0.39 is 0 Å². The van der Waals surface area contributed by atoms with Gasteiger partial charge in [0.25, 0.3) is 0 Å². The third-order valence-corrected chi connectivity index (χ3v) is 5.57. The van der Waals surface area contributed by atoms with Crippen LogP contribution in [0.15, 0.2) is 67.0 Å². The first-order chi connectivity index (χ1) is 16.0. The van der Waals surface area contributed by atoms with Crippen LogP contribution in [-0.4, -0.2) is 47.1 Å². The minimum atomic E-state index is -0.321. The third-order valence-electron chi connectivity index (χ3n) is 5.57. The highest BCUT2D eigenvalue weighted by molar-refractivity contribution is 5.92. The molecule has 1 aliphatic heterocycles. The van der Waals surface area contributed by atoms with Gasteiger partial charge in [0.2, 0.25) is 5.91 Å². The molecule has 33 heavy (non-hydrogen) atoms. The number of carbonyl (C=O) groups excluding carboxylic acids is 2. The molecule has 0 bridgehead atoms. The van der Waals surface area contributed by atoms with Gasteiger partial charge in [0, 0.05) is 25.0 Å². The Hall–Kier alpha value is -4.00. The van der Waals surface area contributed by atoms with Crippen molar-refractivity contribution in [3.63, 3.8) is 0 Å². The molecular formula is C26H26N4O3. The lowest BCUT2D eigenvalue weighted by atomic mass is 10.0. The van der Waals surface area contributed by atoms with Crippen molar-refractivity contribution in [2.24, 2.45) is 0 Å². The molecule has 0 saturated carbocycles. The van der Waals surface area contributed by atoms with Gasteiger partial charge < -0.3 is 15.0 Å². The topological polar surface area (TPSA) is 84.4 Å². The fourth-order valence-electron chi connectivity index (χ4n) is 3.79. The molecule has 3 aromatic rings. The van der Waals surface area contributed by atoms with Crippen molar-refractivity contribution in [1.29, 1.82) is 0 Å². The van der Waals surface area contributed by atoms with Gasteiger partial charge in [0.1, 0.15) is 0 Å². The van der Waals surface area contributed by atoms with Gasteiger partial charge in [0.15, 0.2) is 0 Å². The van der Waals surface area contributed by atoms with Crippen LogP contribution in [0.4, 0.5) is 10.5 Å². The smallest absolute Gasteiger partial charge is 0.409 e. The minimum Gasteiger partial charge on any atom is -0.453 e. The van der Waals surface area contributed by atoms with Crippen molar-refractivity contribution in [2.75, 3.05) is 25.5 Å². The van der Waals surface area contributed by atoms with Gasteiger partial charge in [-0.2, -0.15) is 0 Å². The summed E-state index contributed by atoms with van der Waals surface area (Å²) in [6.07, 6.45) is 6.12. The van der Waals surface area contributed by atoms with E-state index in [0.717, 1.165) is 33.7 Å². The van der Waals surface area contributed by atoms with Crippen LogP contribution in [0.2, 0.25) is 0 Å². The standard InChI is InChI=1S/C26H26N4O3/c1-18-15-22(9-12-27-18)20-5-3-19(4-6-20)16-25(31)29-23-7-8-24(28-17-23)21-10-13-30(14-11-21)26(32)33-2/h3-10,12,15,17H,11,13-14,16H2,1-2H3,(H,29,31). The second kappa shape index (κ2) is 10.1. The zero-order valence-corrected chi connectivity index (χ0v) is 18.7. The van der Waals surface area contributed by atoms with E-state index in [1.807, 2.05) is 61.5 Å². The molecule has 0 radical (unpaired) electrons. The molecule has 0 aliphatic carbocycles. The summed E-state index contributed by atoms with van der Waals surface area (Å²) in [5.74, 6) is -0.0948. The Labute approximate surface area is 193 Å². The summed E-state index contributed by atoms with van der Waals surface area (Å²) in [4.78, 5) is 34.4. The molecule has 1 N–H and O–H groups in total. The zero-order valence-electron chi connectivity index (χ0n) is 18.7. The maximum atomic E-state index is 12.5. The normalized spacial score (nSPS) is 13.3. The number of rotatable bonds is 5. The van der Waals surface area contributed by atoms with Gasteiger partial charge in [-0.15, -0.1) is 0 Å². The molecule has 1 aromatic carbocycles. The average Bonchev–Trinajstić information content (AvgIpc) is 2.84. The lowest BCUT2D eigenvalue weighted by molar-refractivity contribution is -0.115. The SMILES string of the molecule is COC(=O)N1CC=C(c2ccc(NC(=O)Cc3ccc(-c4ccnc(C)c4)cc3)cn2)CC1. The molecule has 0 unspecified atom stereocenters. The molecule has 0 spiro atoms. The number of anilines is 1. The summed E-state index contributed by atoms with van der Waals surface area (Å²) in [5.41, 5.74) is 6.69. The molecule has 3 heterocycles. The van der Waals surface area contributed by atoms with Crippen LogP contribution in [0.3, 0.4) is 0 Å². The number of ether oxygens (including phenoxy) is 1. The number of nitrogens with zero attached hydrogens (tertiary/aromatic N) is 3. The second-order valence-corrected chi connectivity index (χ2v) is 7.94. The number of hydrogen-bond donors (Lipinski definition) is 1. The van der Waals surface area contributed by atoms with E-state index in [2.05, 4.69) is 15.3 Å². The Morgan fingerprint density at radius 1 is 1.06 bits per heavy atom. The number of aryl methyl sites for hydroxylation is 1. The van der Waals surface area contributed by atoms with Gasteiger partial charge in [-0.25, -0.2) is 4.79 Å². The van der Waals surface area contributed by atoms with E-state index in [9.17, 15) is 9.59 Å². The van der Waals surface area contributed by atoms with Crippen molar-refractivity contribution in [3.05, 3.63) is 84.0 Å². The van der Waals surface area contributed by atoms with E-state index >= 15 is 0 Å². The zero-order chi connectivity index (χ0) is 23.2. The number of benzene rings is 1. The molecular weight excluding hydrogens is 416 g/mol. The first-order valence-corrected chi connectivity index (χ1v) is 10.8. The van der Waals surface area contributed by atoms with Crippen molar-refractivity contribution in [3.8, 4) is 11.1 Å². The molecule has 7 nitrogen and oxygen atoms in total. The Morgan fingerprint density at radius 3 is 2.52 bits per heavy atom. The maximum absolute atomic E-state index is 12.5. The Balaban J connectivity index is 1.33. The fourth-order valence-corrected chi connectivity index (χ4v) is 3.79. The van der Waals surface area contributed by atoms with Gasteiger partial charge in [0.05, 0.1) is 31.1 Å². The predicted octanol–water partition coefficient (Wildman–Crippen LogP) is 4.49. The van der Waals surface area contributed by atoms with Crippen LogP contribution < -0.4 is 5.32 Å². The largest absolute Gasteiger partial charge is 0.453 e. The van der Waals surface area contributed by atoms with Crippen LogP contribution in [0.25, 0.3) is 16.7 Å². The van der Waals surface area contributed by atoms with E-state index in [1.165, 1.54) is 7.11 Å². The number of hydrogen-bond acceptors (Lipinski definition) is 5. The number of nitrogens with one attached hydrogen (secondary N) is 1. The minimum absolute atomic E-state index is 0.0948. The van der Waals surface area contributed by atoms with Crippen molar-refractivity contribution in [2.45, 2.75) is 19.8 Å². The molecule has 2 aromatic heterocycles. The fraction of sp³-hybridized carbons (Fsp3) is 0.231. The Bertz CT molecular complexity index is 1170. The predicted molar refractivity (Wildman–Crippen MR) is 128 cm³/mol. The summed E-state index contributed by atoms with van der Waals surface area (Å²) in [6.45, 7) is 3.06. The Morgan fingerprint density at radius 2 is 1.88 bits per heavy atom. The third kappa shape index (κ3) is 5.63. The van der Waals surface area contributed by atoms with Crippen molar-refractivity contribution >= 4 is 23.3 Å². The maximum Gasteiger partial charge on any atom is 0.409 e. The van der Waals surface area contributed by atoms with Crippen LogP contribution in [-0.2, 0) is 16.0 Å². The van der Waals surface area contributed by atoms with Gasteiger partial charge >= 0.3 is 6.09 Å². The van der Waals surface area contributed by atoms with Crippen LogP contribution in [0, 0.1) is 6.92 Å². The van der Waals surface area contributed by atoms with Crippen LogP contribution >= 0.6 is 0 Å². The average molecular weight is 443 g/mol. The number of aromatic nitrogens is 2. The van der Waals surface area contributed by atoms with Crippen molar-refractivity contribution < 1.29 is 14.3 Å². The van der Waals surface area contributed by atoms with Crippen LogP contribution in [0.1, 0.15) is 23.4 Å². The highest BCUT2D eigenvalue weighted by Crippen LogP contribution is 2.23. The van der Waals surface area contributed by atoms with Crippen molar-refractivity contribution in [1.82, 2.24) is 14.9 Å². The first-order valence-electron chi connectivity index (χ1n) is 10.8. The molecule has 168 valence electrons. The summed E-state index contributed by atoms with van der Waals surface area (Å²) in [6, 6.07) is 15.7. The molecule has 0 atom stereocenters. The van der Waals surface area contributed by atoms with E-state index in [4.69, 9.17) is 4.74 Å². The molecule has 2 amide bonds. The monoisotopic (exact) mass is 442 g/mol. The van der Waals surface area contributed by atoms with Gasteiger partial charge in [-0.1, -0.05) is 30.3 Å². The van der Waals surface area contributed by atoms with E-state index in [0.29, 0.717) is 25.2 Å². The lowest BCUT2D eigenvalue weighted by Gasteiger charge is -2.24. The quantitative estimate of drug-likeness (QED) is 0.629. The number of methoxy groups -OCH3 is 1. The molecule has 1 aliphatic rings. The molecule has 0 saturated heterocycles. The molecule has 4 rings (SSSR count). The molecule has 0 fully saturated rings. The lowest BCUT2D eigenvalue weighted by Crippen LogP contribution is -2.34. The number of amides is 2. The van der Waals surface area contributed by atoms with E-state index in [1.54, 1.807) is 17.3 Å². The first kappa shape index (κ1) is 22.2. The number of pyridine rings is 2. The summed E-state index contributed by atoms with van der Waals surface area (Å²) < 4.78 is 4.76. The summed E-state index contributed by atoms with van der Waals surface area (Å²) in [7, 11) is 1.38. The van der Waals surface area contributed by atoms with E-state index in [-0.39, 0.29) is 18.4 Å². The van der Waals surface area contributed by atoms with Gasteiger partial charge in [-0.05, 0) is 59.9 Å². The summed E-state index contributed by atoms with van der Waals surface area (Å²) >= 11 is 0.